The van der Waals surface area contributed by atoms with Gasteiger partial charge in [0.2, 0.25) is 0 Å². The number of rotatable bonds is 5. The molecule has 0 saturated carbocycles. The standard InChI is InChI=1S/C17H25N5O2/c1-3-6-19-16(23)15-8-17(24-21-15)5-4-7-22(12-17)11-14-10-18-9-13(2)20-14/h9-10H,3-8,11-12H2,1-2H3,(H,19,23)/t17-/m1/s1. The van der Waals surface area contributed by atoms with Gasteiger partial charge in [0.15, 0.2) is 5.60 Å². The molecular weight excluding hydrogens is 306 g/mol. The number of aromatic nitrogens is 2. The van der Waals surface area contributed by atoms with E-state index in [0.717, 1.165) is 50.3 Å². The van der Waals surface area contributed by atoms with Gasteiger partial charge in [0.25, 0.3) is 5.91 Å². The topological polar surface area (TPSA) is 79.7 Å². The average molecular weight is 331 g/mol. The van der Waals surface area contributed by atoms with E-state index in [1.165, 1.54) is 0 Å². The maximum atomic E-state index is 12.1. The van der Waals surface area contributed by atoms with Gasteiger partial charge in [0.1, 0.15) is 5.71 Å². The van der Waals surface area contributed by atoms with Crippen LogP contribution in [0.25, 0.3) is 0 Å². The van der Waals surface area contributed by atoms with Crippen molar-refractivity contribution in [1.82, 2.24) is 20.2 Å². The molecule has 1 saturated heterocycles. The van der Waals surface area contributed by atoms with Crippen LogP contribution in [0.15, 0.2) is 17.5 Å². The van der Waals surface area contributed by atoms with Crippen molar-refractivity contribution in [2.24, 2.45) is 5.16 Å². The lowest BCUT2D eigenvalue weighted by molar-refractivity contribution is -0.114. The Labute approximate surface area is 142 Å². The highest BCUT2D eigenvalue weighted by molar-refractivity contribution is 6.39. The first-order chi connectivity index (χ1) is 11.6. The number of hydrogen-bond acceptors (Lipinski definition) is 6. The van der Waals surface area contributed by atoms with Crippen LogP contribution in [0, 0.1) is 6.92 Å². The van der Waals surface area contributed by atoms with Crippen molar-refractivity contribution in [2.75, 3.05) is 19.6 Å². The van der Waals surface area contributed by atoms with E-state index < -0.39 is 0 Å². The monoisotopic (exact) mass is 331 g/mol. The molecule has 7 nitrogen and oxygen atoms in total. The fraction of sp³-hybridized carbons (Fsp3) is 0.647. The molecule has 1 aromatic rings. The molecular formula is C17H25N5O2. The molecule has 7 heteroatoms. The number of nitrogens with zero attached hydrogens (tertiary/aromatic N) is 4. The molecule has 1 amide bonds. The summed E-state index contributed by atoms with van der Waals surface area (Å²) in [6, 6.07) is 0. The Morgan fingerprint density at radius 1 is 1.46 bits per heavy atom. The molecule has 3 rings (SSSR count). The molecule has 0 unspecified atom stereocenters. The summed E-state index contributed by atoms with van der Waals surface area (Å²) >= 11 is 0. The van der Waals surface area contributed by atoms with Crippen LogP contribution in [0.2, 0.25) is 0 Å². The summed E-state index contributed by atoms with van der Waals surface area (Å²) in [4.78, 5) is 28.9. The van der Waals surface area contributed by atoms with Gasteiger partial charge in [0, 0.05) is 38.4 Å². The second-order valence-electron chi connectivity index (χ2n) is 6.71. The van der Waals surface area contributed by atoms with E-state index >= 15 is 0 Å². The first kappa shape index (κ1) is 16.8. The van der Waals surface area contributed by atoms with E-state index in [4.69, 9.17) is 4.84 Å². The van der Waals surface area contributed by atoms with Crippen molar-refractivity contribution in [2.45, 2.75) is 51.7 Å². The molecule has 1 aromatic heterocycles. The van der Waals surface area contributed by atoms with Gasteiger partial charge in [-0.2, -0.15) is 0 Å². The van der Waals surface area contributed by atoms with Crippen LogP contribution in [0.4, 0.5) is 0 Å². The van der Waals surface area contributed by atoms with E-state index in [9.17, 15) is 4.79 Å². The third-order valence-electron chi connectivity index (χ3n) is 4.45. The Morgan fingerprint density at radius 3 is 3.12 bits per heavy atom. The molecule has 24 heavy (non-hydrogen) atoms. The third-order valence-corrected chi connectivity index (χ3v) is 4.45. The molecule has 2 aliphatic rings. The van der Waals surface area contributed by atoms with Gasteiger partial charge in [-0.1, -0.05) is 12.1 Å². The molecule has 0 radical (unpaired) electrons. The SMILES string of the molecule is CCCNC(=O)C1=NO[C@]2(CCCN(Cc3cncc(C)n3)C2)C1. The summed E-state index contributed by atoms with van der Waals surface area (Å²) in [6.45, 7) is 7.15. The number of amides is 1. The van der Waals surface area contributed by atoms with E-state index in [0.29, 0.717) is 18.7 Å². The van der Waals surface area contributed by atoms with Crippen molar-refractivity contribution in [3.05, 3.63) is 23.8 Å². The second-order valence-corrected chi connectivity index (χ2v) is 6.71. The van der Waals surface area contributed by atoms with Crippen molar-refractivity contribution in [1.29, 1.82) is 0 Å². The summed E-state index contributed by atoms with van der Waals surface area (Å²) in [5.74, 6) is -0.101. The van der Waals surface area contributed by atoms with Crippen LogP contribution >= 0.6 is 0 Å². The summed E-state index contributed by atoms with van der Waals surface area (Å²) in [5.41, 5.74) is 2.04. The molecule has 0 aliphatic carbocycles. The Kier molecular flexibility index (Phi) is 5.08. The Morgan fingerprint density at radius 2 is 2.33 bits per heavy atom. The maximum absolute atomic E-state index is 12.1. The van der Waals surface area contributed by atoms with Gasteiger partial charge in [-0.05, 0) is 32.7 Å². The lowest BCUT2D eigenvalue weighted by Gasteiger charge is -2.38. The Hall–Kier alpha value is -2.02. The zero-order chi connectivity index (χ0) is 17.0. The van der Waals surface area contributed by atoms with Crippen molar-refractivity contribution in [3.8, 4) is 0 Å². The van der Waals surface area contributed by atoms with E-state index in [2.05, 4.69) is 25.3 Å². The lowest BCUT2D eigenvalue weighted by Crippen LogP contribution is -2.48. The van der Waals surface area contributed by atoms with Gasteiger partial charge in [-0.3, -0.25) is 19.7 Å². The third kappa shape index (κ3) is 3.90. The summed E-state index contributed by atoms with van der Waals surface area (Å²) in [7, 11) is 0. The number of nitrogens with one attached hydrogen (secondary N) is 1. The number of hydrogen-bond donors (Lipinski definition) is 1. The summed E-state index contributed by atoms with van der Waals surface area (Å²) < 4.78 is 0. The van der Waals surface area contributed by atoms with Crippen LogP contribution in [0.5, 0.6) is 0 Å². The van der Waals surface area contributed by atoms with Crippen molar-refractivity contribution < 1.29 is 9.63 Å². The molecule has 2 aliphatic heterocycles. The number of carbonyl (C=O) groups is 1. The first-order valence-electron chi connectivity index (χ1n) is 8.63. The van der Waals surface area contributed by atoms with Crippen LogP contribution in [0.1, 0.15) is 44.0 Å². The molecule has 1 fully saturated rings. The van der Waals surface area contributed by atoms with Crippen molar-refractivity contribution in [3.63, 3.8) is 0 Å². The Bertz CT molecular complexity index is 633. The fourth-order valence-electron chi connectivity index (χ4n) is 3.35. The smallest absolute Gasteiger partial charge is 0.269 e. The van der Waals surface area contributed by atoms with E-state index in [-0.39, 0.29) is 11.5 Å². The minimum Gasteiger partial charge on any atom is -0.387 e. The van der Waals surface area contributed by atoms with Crippen molar-refractivity contribution >= 4 is 11.6 Å². The normalized spacial score (nSPS) is 23.8. The van der Waals surface area contributed by atoms with Crippen LogP contribution in [0.3, 0.4) is 0 Å². The number of oxime groups is 1. The average Bonchev–Trinajstić information content (AvgIpc) is 2.96. The molecule has 0 aromatic carbocycles. The van der Waals surface area contributed by atoms with Gasteiger partial charge in [-0.25, -0.2) is 0 Å². The number of aryl methyl sites for hydroxylation is 1. The maximum Gasteiger partial charge on any atom is 0.269 e. The molecule has 1 N–H and O–H groups in total. The highest BCUT2D eigenvalue weighted by Crippen LogP contribution is 2.33. The number of carbonyl (C=O) groups excluding carboxylic acids is 1. The number of likely N-dealkylation sites (tertiary alicyclic amines) is 1. The molecule has 0 bridgehead atoms. The van der Waals surface area contributed by atoms with E-state index in [1.54, 1.807) is 6.20 Å². The zero-order valence-corrected chi connectivity index (χ0v) is 14.4. The van der Waals surface area contributed by atoms with Gasteiger partial charge in [-0.15, -0.1) is 0 Å². The summed E-state index contributed by atoms with van der Waals surface area (Å²) in [6.07, 6.45) is 7.02. The first-order valence-corrected chi connectivity index (χ1v) is 8.63. The minimum absolute atomic E-state index is 0.101. The predicted molar refractivity (Wildman–Crippen MR) is 90.4 cm³/mol. The molecule has 130 valence electrons. The largest absolute Gasteiger partial charge is 0.387 e. The number of piperidine rings is 1. The fourth-order valence-corrected chi connectivity index (χ4v) is 3.35. The summed E-state index contributed by atoms with van der Waals surface area (Å²) in [5, 5.41) is 6.94. The van der Waals surface area contributed by atoms with Gasteiger partial charge in [0.05, 0.1) is 11.4 Å². The molecule has 1 spiro atoms. The van der Waals surface area contributed by atoms with Crippen LogP contribution < -0.4 is 5.32 Å². The van der Waals surface area contributed by atoms with Gasteiger partial charge < -0.3 is 10.2 Å². The van der Waals surface area contributed by atoms with Crippen LogP contribution in [-0.4, -0.2) is 51.7 Å². The van der Waals surface area contributed by atoms with Crippen LogP contribution in [-0.2, 0) is 16.2 Å². The molecule has 1 atom stereocenters. The lowest BCUT2D eigenvalue weighted by atomic mass is 9.88. The predicted octanol–water partition coefficient (Wildman–Crippen LogP) is 1.42. The second kappa shape index (κ2) is 7.25. The molecule has 3 heterocycles. The van der Waals surface area contributed by atoms with Gasteiger partial charge >= 0.3 is 0 Å². The Balaban J connectivity index is 1.59. The highest BCUT2D eigenvalue weighted by Gasteiger charge is 2.44. The highest BCUT2D eigenvalue weighted by atomic mass is 16.7. The zero-order valence-electron chi connectivity index (χ0n) is 14.4. The van der Waals surface area contributed by atoms with E-state index in [1.807, 2.05) is 20.0 Å². The quantitative estimate of drug-likeness (QED) is 0.883. The minimum atomic E-state index is -0.367.